The molecular formula is C14H10ClNO2. The highest BCUT2D eigenvalue weighted by molar-refractivity contribution is 6.30. The Kier molecular flexibility index (Phi) is 3.75. The highest BCUT2D eigenvalue weighted by atomic mass is 35.5. The quantitative estimate of drug-likeness (QED) is 0.465. The number of rotatable bonds is 3. The second kappa shape index (κ2) is 5.47. The van der Waals surface area contributed by atoms with Gasteiger partial charge in [-0.2, -0.15) is 0 Å². The van der Waals surface area contributed by atoms with E-state index in [2.05, 4.69) is 0 Å². The van der Waals surface area contributed by atoms with Crippen LogP contribution < -0.4 is 0 Å². The lowest BCUT2D eigenvalue weighted by Crippen LogP contribution is -1.86. The van der Waals surface area contributed by atoms with E-state index < -0.39 is 4.92 Å². The summed E-state index contributed by atoms with van der Waals surface area (Å²) in [5.41, 5.74) is 1.98. The van der Waals surface area contributed by atoms with E-state index in [1.165, 1.54) is 12.1 Å². The summed E-state index contributed by atoms with van der Waals surface area (Å²) in [6, 6.07) is 13.9. The smallest absolute Gasteiger partial charge is 0.258 e. The van der Waals surface area contributed by atoms with E-state index in [1.54, 1.807) is 12.1 Å². The average Bonchev–Trinajstić information content (AvgIpc) is 2.37. The van der Waals surface area contributed by atoms with Crippen molar-refractivity contribution in [2.45, 2.75) is 0 Å². The Morgan fingerprint density at radius 2 is 1.67 bits per heavy atom. The largest absolute Gasteiger partial charge is 0.269 e. The first-order valence-electron chi connectivity index (χ1n) is 5.33. The minimum atomic E-state index is -0.412. The molecule has 0 radical (unpaired) electrons. The van der Waals surface area contributed by atoms with Crippen LogP contribution in [0.5, 0.6) is 0 Å². The minimum absolute atomic E-state index is 0.0925. The van der Waals surface area contributed by atoms with Crippen LogP contribution in [-0.2, 0) is 0 Å². The number of nitro groups is 1. The molecule has 0 fully saturated rings. The van der Waals surface area contributed by atoms with Crippen molar-refractivity contribution in [2.24, 2.45) is 0 Å². The predicted molar refractivity (Wildman–Crippen MR) is 73.5 cm³/mol. The van der Waals surface area contributed by atoms with E-state index >= 15 is 0 Å². The molecule has 0 unspecified atom stereocenters. The van der Waals surface area contributed by atoms with Gasteiger partial charge in [0.05, 0.1) is 4.92 Å². The standard InChI is InChI=1S/C14H10ClNO2/c15-13-3-1-2-12(10-13)5-4-11-6-8-14(9-7-11)16(17)18/h1-10H/b5-4+. The first-order chi connectivity index (χ1) is 8.65. The van der Waals surface area contributed by atoms with Crippen LogP contribution in [0.1, 0.15) is 11.1 Å². The lowest BCUT2D eigenvalue weighted by atomic mass is 10.1. The van der Waals surface area contributed by atoms with Crippen molar-refractivity contribution in [3.05, 3.63) is 74.8 Å². The normalized spacial score (nSPS) is 10.7. The summed E-state index contributed by atoms with van der Waals surface area (Å²) < 4.78 is 0. The van der Waals surface area contributed by atoms with Crippen molar-refractivity contribution in [2.75, 3.05) is 0 Å². The van der Waals surface area contributed by atoms with Gasteiger partial charge in [0.25, 0.3) is 5.69 Å². The van der Waals surface area contributed by atoms with Crippen molar-refractivity contribution in [1.82, 2.24) is 0 Å². The third-order valence-corrected chi connectivity index (χ3v) is 2.66. The molecule has 2 rings (SSSR count). The van der Waals surface area contributed by atoms with Gasteiger partial charge in [-0.1, -0.05) is 35.9 Å². The molecule has 0 amide bonds. The predicted octanol–water partition coefficient (Wildman–Crippen LogP) is 4.42. The number of nitro benzene ring substituents is 1. The van der Waals surface area contributed by atoms with Gasteiger partial charge in [-0.05, 0) is 35.4 Å². The van der Waals surface area contributed by atoms with Crippen molar-refractivity contribution in [3.63, 3.8) is 0 Å². The molecule has 0 spiro atoms. The van der Waals surface area contributed by atoms with Crippen LogP contribution in [-0.4, -0.2) is 4.92 Å². The van der Waals surface area contributed by atoms with Crippen LogP contribution in [0.2, 0.25) is 5.02 Å². The summed E-state index contributed by atoms with van der Waals surface area (Å²) in [6.07, 6.45) is 3.79. The first-order valence-corrected chi connectivity index (χ1v) is 5.71. The molecule has 0 aliphatic heterocycles. The molecule has 0 saturated carbocycles. The molecule has 0 heterocycles. The zero-order chi connectivity index (χ0) is 13.0. The number of nitrogens with zero attached hydrogens (tertiary/aromatic N) is 1. The number of hydrogen-bond donors (Lipinski definition) is 0. The number of benzene rings is 2. The molecule has 0 aliphatic carbocycles. The Hall–Kier alpha value is -2.13. The number of non-ortho nitro benzene ring substituents is 1. The molecule has 0 atom stereocenters. The van der Waals surface area contributed by atoms with Gasteiger partial charge >= 0.3 is 0 Å². The van der Waals surface area contributed by atoms with Crippen molar-refractivity contribution >= 4 is 29.4 Å². The summed E-state index contributed by atoms with van der Waals surface area (Å²) in [7, 11) is 0. The maximum Gasteiger partial charge on any atom is 0.269 e. The van der Waals surface area contributed by atoms with Crippen LogP contribution in [0.25, 0.3) is 12.2 Å². The zero-order valence-corrected chi connectivity index (χ0v) is 10.2. The lowest BCUT2D eigenvalue weighted by Gasteiger charge is -1.96. The Labute approximate surface area is 109 Å². The summed E-state index contributed by atoms with van der Waals surface area (Å²) in [4.78, 5) is 10.1. The molecule has 18 heavy (non-hydrogen) atoms. The van der Waals surface area contributed by atoms with Crippen LogP contribution in [0, 0.1) is 10.1 Å². The van der Waals surface area contributed by atoms with Gasteiger partial charge < -0.3 is 0 Å². The Morgan fingerprint density at radius 3 is 2.28 bits per heavy atom. The molecule has 4 heteroatoms. The van der Waals surface area contributed by atoms with E-state index in [9.17, 15) is 10.1 Å². The Morgan fingerprint density at radius 1 is 1.00 bits per heavy atom. The fraction of sp³-hybridized carbons (Fsp3) is 0. The van der Waals surface area contributed by atoms with Crippen molar-refractivity contribution < 1.29 is 4.92 Å². The molecular weight excluding hydrogens is 250 g/mol. The van der Waals surface area contributed by atoms with Crippen molar-refractivity contribution in [3.8, 4) is 0 Å². The summed E-state index contributed by atoms with van der Waals surface area (Å²) in [6.45, 7) is 0. The van der Waals surface area contributed by atoms with Gasteiger partial charge in [-0.25, -0.2) is 0 Å². The Balaban J connectivity index is 2.16. The molecule has 0 aromatic heterocycles. The molecule has 3 nitrogen and oxygen atoms in total. The van der Waals surface area contributed by atoms with E-state index in [-0.39, 0.29) is 5.69 Å². The van der Waals surface area contributed by atoms with Gasteiger partial charge in [-0.15, -0.1) is 0 Å². The second-order valence-electron chi connectivity index (χ2n) is 3.74. The maximum atomic E-state index is 10.5. The number of halogens is 1. The first kappa shape index (κ1) is 12.3. The van der Waals surface area contributed by atoms with Crippen LogP contribution in [0.3, 0.4) is 0 Å². The van der Waals surface area contributed by atoms with Crippen molar-refractivity contribution in [1.29, 1.82) is 0 Å². The third-order valence-electron chi connectivity index (χ3n) is 2.42. The molecule has 0 aliphatic rings. The van der Waals surface area contributed by atoms with Gasteiger partial charge in [0, 0.05) is 17.2 Å². The zero-order valence-electron chi connectivity index (χ0n) is 9.42. The van der Waals surface area contributed by atoms with Gasteiger partial charge in [0.15, 0.2) is 0 Å². The fourth-order valence-electron chi connectivity index (χ4n) is 1.51. The van der Waals surface area contributed by atoms with Crippen LogP contribution >= 0.6 is 11.6 Å². The highest BCUT2D eigenvalue weighted by Crippen LogP contribution is 2.16. The van der Waals surface area contributed by atoms with E-state index in [0.717, 1.165) is 11.1 Å². The van der Waals surface area contributed by atoms with Gasteiger partial charge in [-0.3, -0.25) is 10.1 Å². The maximum absolute atomic E-state index is 10.5. The monoisotopic (exact) mass is 259 g/mol. The van der Waals surface area contributed by atoms with Gasteiger partial charge in [0.1, 0.15) is 0 Å². The molecule has 0 saturated heterocycles. The van der Waals surface area contributed by atoms with Crippen LogP contribution in [0.4, 0.5) is 5.69 Å². The van der Waals surface area contributed by atoms with E-state index in [1.807, 2.05) is 36.4 Å². The van der Waals surface area contributed by atoms with Gasteiger partial charge in [0.2, 0.25) is 0 Å². The second-order valence-corrected chi connectivity index (χ2v) is 4.17. The highest BCUT2D eigenvalue weighted by Gasteiger charge is 2.01. The SMILES string of the molecule is O=[N+]([O-])c1ccc(/C=C/c2cccc(Cl)c2)cc1. The Bertz CT molecular complexity index is 591. The molecule has 2 aromatic rings. The lowest BCUT2D eigenvalue weighted by molar-refractivity contribution is -0.384. The minimum Gasteiger partial charge on any atom is -0.258 e. The average molecular weight is 260 g/mol. The van der Waals surface area contributed by atoms with Crippen LogP contribution in [0.15, 0.2) is 48.5 Å². The molecule has 90 valence electrons. The summed E-state index contributed by atoms with van der Waals surface area (Å²) in [5, 5.41) is 11.2. The number of hydrogen-bond acceptors (Lipinski definition) is 2. The topological polar surface area (TPSA) is 43.1 Å². The summed E-state index contributed by atoms with van der Waals surface area (Å²) in [5.74, 6) is 0. The molecule has 0 N–H and O–H groups in total. The molecule has 2 aromatic carbocycles. The van der Waals surface area contributed by atoms with E-state index in [4.69, 9.17) is 11.6 Å². The molecule has 0 bridgehead atoms. The van der Waals surface area contributed by atoms with E-state index in [0.29, 0.717) is 5.02 Å². The third kappa shape index (κ3) is 3.18. The summed E-state index contributed by atoms with van der Waals surface area (Å²) >= 11 is 5.87. The fourth-order valence-corrected chi connectivity index (χ4v) is 1.71.